The van der Waals surface area contributed by atoms with E-state index in [1.165, 1.54) is 39.0 Å². The van der Waals surface area contributed by atoms with Crippen LogP contribution >= 0.6 is 0 Å². The Kier molecular flexibility index (Phi) is 7.64. The summed E-state index contributed by atoms with van der Waals surface area (Å²) in [5.41, 5.74) is 1.95. The van der Waals surface area contributed by atoms with Crippen molar-refractivity contribution in [3.05, 3.63) is 66.4 Å². The summed E-state index contributed by atoms with van der Waals surface area (Å²) >= 11 is 0. The SMILES string of the molecule is COc1cccc(OC)c1-n1c(NS(=O)(=O)C(C)C(OC)c2cnc(C)cn2)nnc1-c1ccccn1. The number of benzene rings is 1. The van der Waals surface area contributed by atoms with Gasteiger partial charge in [-0.15, -0.1) is 10.2 Å². The molecule has 2 unspecified atom stereocenters. The van der Waals surface area contributed by atoms with Gasteiger partial charge in [0.25, 0.3) is 0 Å². The van der Waals surface area contributed by atoms with Crippen LogP contribution in [0, 0.1) is 6.92 Å². The van der Waals surface area contributed by atoms with Gasteiger partial charge < -0.3 is 14.2 Å². The maximum Gasteiger partial charge on any atom is 0.243 e. The third-order valence-corrected chi connectivity index (χ3v) is 7.37. The molecule has 0 aliphatic heterocycles. The summed E-state index contributed by atoms with van der Waals surface area (Å²) in [6.45, 7) is 3.31. The monoisotopic (exact) mass is 525 g/mol. The Hall–Kier alpha value is -4.10. The lowest BCUT2D eigenvalue weighted by atomic mass is 10.2. The van der Waals surface area contributed by atoms with Gasteiger partial charge in [0.1, 0.15) is 34.2 Å². The standard InChI is InChI=1S/C24H27N7O5S/c1-15-13-27-18(14-26-15)22(36-5)16(2)37(32,33)30-24-29-28-23(17-9-6-7-12-25-17)31(24)21-19(34-3)10-8-11-20(21)35-4/h6-14,16,22H,1-5H3,(H,29,30). The Balaban J connectivity index is 1.83. The molecule has 37 heavy (non-hydrogen) atoms. The van der Waals surface area contributed by atoms with Gasteiger partial charge in [-0.2, -0.15) is 0 Å². The van der Waals surface area contributed by atoms with Crippen LogP contribution in [0.1, 0.15) is 24.4 Å². The summed E-state index contributed by atoms with van der Waals surface area (Å²) in [5, 5.41) is 7.34. The van der Waals surface area contributed by atoms with Crippen molar-refractivity contribution in [2.75, 3.05) is 26.1 Å². The maximum absolute atomic E-state index is 13.6. The zero-order valence-corrected chi connectivity index (χ0v) is 21.8. The normalized spacial score (nSPS) is 13.1. The van der Waals surface area contributed by atoms with Crippen LogP contribution in [0.4, 0.5) is 5.95 Å². The largest absolute Gasteiger partial charge is 0.494 e. The quantitative estimate of drug-likeness (QED) is 0.328. The van der Waals surface area contributed by atoms with Crippen molar-refractivity contribution in [1.82, 2.24) is 29.7 Å². The zero-order valence-electron chi connectivity index (χ0n) is 21.0. The molecule has 0 spiro atoms. The van der Waals surface area contributed by atoms with Crippen LogP contribution < -0.4 is 14.2 Å². The minimum absolute atomic E-state index is 0.0832. The summed E-state index contributed by atoms with van der Waals surface area (Å²) in [6.07, 6.45) is 3.76. The molecule has 2 atom stereocenters. The molecule has 3 heterocycles. The topological polar surface area (TPSA) is 143 Å². The summed E-state index contributed by atoms with van der Waals surface area (Å²) in [6, 6.07) is 10.5. The number of pyridine rings is 1. The molecule has 0 saturated carbocycles. The highest BCUT2D eigenvalue weighted by atomic mass is 32.2. The number of para-hydroxylation sites is 1. The van der Waals surface area contributed by atoms with E-state index in [0.29, 0.717) is 34.3 Å². The van der Waals surface area contributed by atoms with Crippen molar-refractivity contribution < 1.29 is 22.6 Å². The molecule has 4 rings (SSSR count). The number of hydrogen-bond donors (Lipinski definition) is 1. The predicted molar refractivity (Wildman–Crippen MR) is 136 cm³/mol. The van der Waals surface area contributed by atoms with Gasteiger partial charge in [0.2, 0.25) is 16.0 Å². The number of sulfonamides is 1. The average Bonchev–Trinajstić information content (AvgIpc) is 3.32. The Morgan fingerprint density at radius 2 is 1.65 bits per heavy atom. The second-order valence-electron chi connectivity index (χ2n) is 8.00. The molecule has 3 aromatic heterocycles. The molecule has 4 aromatic rings. The molecule has 0 aliphatic carbocycles. The van der Waals surface area contributed by atoms with E-state index < -0.39 is 21.4 Å². The molecule has 0 aliphatic rings. The second kappa shape index (κ2) is 10.9. The van der Waals surface area contributed by atoms with Gasteiger partial charge in [0, 0.05) is 19.5 Å². The van der Waals surface area contributed by atoms with Gasteiger partial charge >= 0.3 is 0 Å². The number of hydrogen-bond acceptors (Lipinski definition) is 10. The Labute approximate surface area is 214 Å². The third kappa shape index (κ3) is 5.22. The number of methoxy groups -OCH3 is 3. The fourth-order valence-electron chi connectivity index (χ4n) is 3.76. The van der Waals surface area contributed by atoms with Crippen molar-refractivity contribution in [2.24, 2.45) is 0 Å². The van der Waals surface area contributed by atoms with Crippen molar-refractivity contribution in [3.8, 4) is 28.7 Å². The number of aryl methyl sites for hydroxylation is 1. The number of rotatable bonds is 10. The van der Waals surface area contributed by atoms with Gasteiger partial charge in [0.05, 0.1) is 31.8 Å². The minimum Gasteiger partial charge on any atom is -0.494 e. The lowest BCUT2D eigenvalue weighted by Gasteiger charge is -2.23. The molecule has 194 valence electrons. The summed E-state index contributed by atoms with van der Waals surface area (Å²) < 4.78 is 47.9. The molecule has 0 bridgehead atoms. The third-order valence-electron chi connectivity index (χ3n) is 5.68. The van der Waals surface area contributed by atoms with Crippen LogP contribution in [0.3, 0.4) is 0 Å². The first-order valence-electron chi connectivity index (χ1n) is 11.2. The molecule has 0 fully saturated rings. The number of anilines is 1. The van der Waals surface area contributed by atoms with E-state index in [1.807, 2.05) is 0 Å². The van der Waals surface area contributed by atoms with Crippen LogP contribution in [0.15, 0.2) is 55.0 Å². The van der Waals surface area contributed by atoms with Crippen molar-refractivity contribution in [1.29, 1.82) is 0 Å². The number of ether oxygens (including phenoxy) is 3. The number of nitrogens with zero attached hydrogens (tertiary/aromatic N) is 6. The van der Waals surface area contributed by atoms with E-state index in [2.05, 4.69) is 29.9 Å². The van der Waals surface area contributed by atoms with Crippen LogP contribution in [0.25, 0.3) is 17.2 Å². The van der Waals surface area contributed by atoms with Crippen LogP contribution in [0.2, 0.25) is 0 Å². The zero-order chi connectivity index (χ0) is 26.6. The first-order valence-corrected chi connectivity index (χ1v) is 12.8. The van der Waals surface area contributed by atoms with E-state index in [4.69, 9.17) is 14.2 Å². The molecule has 0 saturated heterocycles. The van der Waals surface area contributed by atoms with Crippen LogP contribution in [0.5, 0.6) is 11.5 Å². The fraction of sp³-hybridized carbons (Fsp3) is 0.292. The van der Waals surface area contributed by atoms with E-state index in [9.17, 15) is 8.42 Å². The van der Waals surface area contributed by atoms with Gasteiger partial charge in [-0.05, 0) is 38.1 Å². The molecule has 1 N–H and O–H groups in total. The average molecular weight is 526 g/mol. The van der Waals surface area contributed by atoms with Crippen molar-refractivity contribution in [3.63, 3.8) is 0 Å². The first-order chi connectivity index (χ1) is 17.8. The Morgan fingerprint density at radius 1 is 0.919 bits per heavy atom. The molecular weight excluding hydrogens is 498 g/mol. The highest BCUT2D eigenvalue weighted by molar-refractivity contribution is 7.93. The summed E-state index contributed by atoms with van der Waals surface area (Å²) in [7, 11) is 0.328. The Bertz CT molecular complexity index is 1440. The molecule has 0 radical (unpaired) electrons. The fourth-order valence-corrected chi connectivity index (χ4v) is 4.91. The summed E-state index contributed by atoms with van der Waals surface area (Å²) in [4.78, 5) is 12.9. The van der Waals surface area contributed by atoms with Gasteiger partial charge in [-0.1, -0.05) is 12.1 Å². The molecule has 13 heteroatoms. The molecular formula is C24H27N7O5S. The maximum atomic E-state index is 13.6. The van der Waals surface area contributed by atoms with Crippen molar-refractivity contribution in [2.45, 2.75) is 25.2 Å². The van der Waals surface area contributed by atoms with Crippen LogP contribution in [-0.2, 0) is 14.8 Å². The highest BCUT2D eigenvalue weighted by Gasteiger charge is 2.34. The lowest BCUT2D eigenvalue weighted by Crippen LogP contribution is -2.33. The smallest absolute Gasteiger partial charge is 0.243 e. The second-order valence-corrected chi connectivity index (χ2v) is 10.0. The minimum atomic E-state index is -4.09. The number of aromatic nitrogens is 6. The first kappa shape index (κ1) is 26.0. The molecule has 0 amide bonds. The van der Waals surface area contributed by atoms with E-state index in [-0.39, 0.29) is 11.8 Å². The van der Waals surface area contributed by atoms with E-state index in [1.54, 1.807) is 55.7 Å². The summed E-state index contributed by atoms with van der Waals surface area (Å²) in [5.74, 6) is 1.02. The van der Waals surface area contributed by atoms with Gasteiger partial charge in [-0.25, -0.2) is 8.42 Å². The highest BCUT2D eigenvalue weighted by Crippen LogP contribution is 2.37. The molecule has 1 aromatic carbocycles. The van der Waals surface area contributed by atoms with Crippen molar-refractivity contribution >= 4 is 16.0 Å². The van der Waals surface area contributed by atoms with E-state index >= 15 is 0 Å². The Morgan fingerprint density at radius 3 is 2.22 bits per heavy atom. The predicted octanol–water partition coefficient (Wildman–Crippen LogP) is 2.96. The lowest BCUT2D eigenvalue weighted by molar-refractivity contribution is 0.0985. The van der Waals surface area contributed by atoms with Gasteiger partial charge in [-0.3, -0.25) is 24.2 Å². The van der Waals surface area contributed by atoms with E-state index in [0.717, 1.165) is 0 Å². The molecule has 12 nitrogen and oxygen atoms in total. The van der Waals surface area contributed by atoms with Crippen LogP contribution in [-0.4, -0.2) is 64.7 Å². The number of nitrogens with one attached hydrogen (secondary N) is 1. The van der Waals surface area contributed by atoms with Gasteiger partial charge in [0.15, 0.2) is 5.82 Å².